The molecule has 0 aromatic carbocycles. The first-order chi connectivity index (χ1) is 12.2. The number of nitrogens with zero attached hydrogens (tertiary/aromatic N) is 4. The van der Waals surface area contributed by atoms with Crippen molar-refractivity contribution in [2.75, 3.05) is 31.1 Å². The molecule has 2 fully saturated rings. The van der Waals surface area contributed by atoms with Crippen molar-refractivity contribution in [3.05, 3.63) is 17.6 Å². The van der Waals surface area contributed by atoms with E-state index < -0.39 is 0 Å². The molecule has 2 heterocycles. The first kappa shape index (κ1) is 19.1. The number of anilines is 1. The van der Waals surface area contributed by atoms with Gasteiger partial charge in [0.1, 0.15) is 11.6 Å². The minimum atomic E-state index is 0.240. The van der Waals surface area contributed by atoms with E-state index in [1.165, 1.54) is 12.8 Å². The number of carbonyl (C=O) groups excluding carboxylic acids is 1. The Hall–Kier alpha value is -1.65. The lowest BCUT2D eigenvalue weighted by molar-refractivity contribution is -0.137. The van der Waals surface area contributed by atoms with Gasteiger partial charge in [-0.05, 0) is 50.9 Å². The fourth-order valence-electron chi connectivity index (χ4n) is 4.48. The van der Waals surface area contributed by atoms with Crippen molar-refractivity contribution in [1.82, 2.24) is 14.9 Å². The maximum atomic E-state index is 12.9. The lowest BCUT2D eigenvalue weighted by Gasteiger charge is -2.40. The van der Waals surface area contributed by atoms with E-state index in [1.54, 1.807) is 0 Å². The number of hydrogen-bond donors (Lipinski definition) is 0. The van der Waals surface area contributed by atoms with Gasteiger partial charge in [0.15, 0.2) is 0 Å². The zero-order chi connectivity index (χ0) is 18.9. The van der Waals surface area contributed by atoms with E-state index in [9.17, 15) is 4.79 Å². The summed E-state index contributed by atoms with van der Waals surface area (Å²) < 4.78 is 0. The molecule has 0 unspecified atom stereocenters. The smallest absolute Gasteiger partial charge is 0.225 e. The zero-order valence-electron chi connectivity index (χ0n) is 17.1. The SMILES string of the molecule is Cc1cc(N2CCN(C(=O)C3CCC(C(C)(C)C)CC3)CC2)nc(C)n1. The average Bonchev–Trinajstić information content (AvgIpc) is 2.60. The van der Waals surface area contributed by atoms with Gasteiger partial charge >= 0.3 is 0 Å². The number of amides is 1. The first-order valence-electron chi connectivity index (χ1n) is 10.1. The molecule has 1 saturated heterocycles. The molecule has 0 N–H and O–H groups in total. The molecule has 0 atom stereocenters. The molecule has 144 valence electrons. The Kier molecular flexibility index (Phi) is 5.54. The predicted molar refractivity (Wildman–Crippen MR) is 105 cm³/mol. The second kappa shape index (κ2) is 7.53. The van der Waals surface area contributed by atoms with Crippen molar-refractivity contribution >= 4 is 11.7 Å². The van der Waals surface area contributed by atoms with Gasteiger partial charge in [-0.3, -0.25) is 4.79 Å². The van der Waals surface area contributed by atoms with Crippen LogP contribution < -0.4 is 4.90 Å². The Morgan fingerprint density at radius 3 is 2.15 bits per heavy atom. The van der Waals surface area contributed by atoms with Crippen LogP contribution in [0.25, 0.3) is 0 Å². The molecule has 1 aliphatic carbocycles. The molecule has 3 rings (SSSR count). The lowest BCUT2D eigenvalue weighted by Crippen LogP contribution is -2.51. The van der Waals surface area contributed by atoms with Gasteiger partial charge in [-0.25, -0.2) is 9.97 Å². The fraction of sp³-hybridized carbons (Fsp3) is 0.762. The van der Waals surface area contributed by atoms with Gasteiger partial charge in [-0.2, -0.15) is 0 Å². The molecule has 0 spiro atoms. The summed E-state index contributed by atoms with van der Waals surface area (Å²) in [5, 5.41) is 0. The molecular formula is C21H34N4O. The number of rotatable bonds is 2. The van der Waals surface area contributed by atoms with Crippen molar-refractivity contribution in [1.29, 1.82) is 0 Å². The van der Waals surface area contributed by atoms with Crippen LogP contribution in [0.3, 0.4) is 0 Å². The predicted octanol–water partition coefficient (Wildman–Crippen LogP) is 3.59. The molecule has 26 heavy (non-hydrogen) atoms. The van der Waals surface area contributed by atoms with Crippen LogP contribution in [0.5, 0.6) is 0 Å². The molecule has 1 aromatic heterocycles. The molecule has 0 radical (unpaired) electrons. The fourth-order valence-corrected chi connectivity index (χ4v) is 4.48. The molecule has 1 aliphatic heterocycles. The van der Waals surface area contributed by atoms with Crippen molar-refractivity contribution in [2.45, 2.75) is 60.3 Å². The molecular weight excluding hydrogens is 324 g/mol. The van der Waals surface area contributed by atoms with E-state index in [0.717, 1.165) is 62.3 Å². The normalized spacial score (nSPS) is 24.7. The van der Waals surface area contributed by atoms with Gasteiger partial charge in [0, 0.05) is 43.9 Å². The maximum Gasteiger partial charge on any atom is 0.225 e. The Balaban J connectivity index is 1.53. The molecule has 1 amide bonds. The van der Waals surface area contributed by atoms with Crippen LogP contribution in [0, 0.1) is 31.1 Å². The summed E-state index contributed by atoms with van der Waals surface area (Å²) in [5.74, 6) is 3.19. The van der Waals surface area contributed by atoms with Gasteiger partial charge in [-0.1, -0.05) is 20.8 Å². The monoisotopic (exact) mass is 358 g/mol. The van der Waals surface area contributed by atoms with E-state index in [-0.39, 0.29) is 5.92 Å². The van der Waals surface area contributed by atoms with Crippen LogP contribution in [0.4, 0.5) is 5.82 Å². The summed E-state index contributed by atoms with van der Waals surface area (Å²) in [4.78, 5) is 26.2. The van der Waals surface area contributed by atoms with Gasteiger partial charge < -0.3 is 9.80 Å². The van der Waals surface area contributed by atoms with E-state index in [1.807, 2.05) is 19.9 Å². The number of piperazine rings is 1. The van der Waals surface area contributed by atoms with Crippen molar-refractivity contribution in [2.24, 2.45) is 17.3 Å². The van der Waals surface area contributed by atoms with Crippen molar-refractivity contribution < 1.29 is 4.79 Å². The average molecular weight is 359 g/mol. The number of hydrogen-bond acceptors (Lipinski definition) is 4. The highest BCUT2D eigenvalue weighted by Crippen LogP contribution is 2.40. The molecule has 5 heteroatoms. The van der Waals surface area contributed by atoms with Gasteiger partial charge in [-0.15, -0.1) is 0 Å². The quantitative estimate of drug-likeness (QED) is 0.810. The highest BCUT2D eigenvalue weighted by molar-refractivity contribution is 5.79. The molecule has 1 saturated carbocycles. The van der Waals surface area contributed by atoms with E-state index >= 15 is 0 Å². The highest BCUT2D eigenvalue weighted by Gasteiger charge is 2.34. The van der Waals surface area contributed by atoms with E-state index in [2.05, 4.69) is 40.5 Å². The highest BCUT2D eigenvalue weighted by atomic mass is 16.2. The summed E-state index contributed by atoms with van der Waals surface area (Å²) in [6.45, 7) is 14.3. The Bertz CT molecular complexity index is 616. The Morgan fingerprint density at radius 2 is 1.62 bits per heavy atom. The third-order valence-corrected chi connectivity index (χ3v) is 6.17. The summed E-state index contributed by atoms with van der Waals surface area (Å²) in [6, 6.07) is 2.04. The zero-order valence-corrected chi connectivity index (χ0v) is 17.1. The van der Waals surface area contributed by atoms with Crippen LogP contribution in [-0.4, -0.2) is 47.0 Å². The van der Waals surface area contributed by atoms with Crippen LogP contribution in [0.15, 0.2) is 6.07 Å². The van der Waals surface area contributed by atoms with E-state index in [0.29, 0.717) is 11.3 Å². The largest absolute Gasteiger partial charge is 0.353 e. The molecule has 2 aliphatic rings. The third-order valence-electron chi connectivity index (χ3n) is 6.17. The molecule has 0 bridgehead atoms. The Morgan fingerprint density at radius 1 is 1.00 bits per heavy atom. The minimum Gasteiger partial charge on any atom is -0.353 e. The summed E-state index contributed by atoms with van der Waals surface area (Å²) >= 11 is 0. The van der Waals surface area contributed by atoms with Gasteiger partial charge in [0.05, 0.1) is 0 Å². The topological polar surface area (TPSA) is 49.3 Å². The third kappa shape index (κ3) is 4.36. The number of aryl methyl sites for hydroxylation is 2. The minimum absolute atomic E-state index is 0.240. The summed E-state index contributed by atoms with van der Waals surface area (Å²) in [6.07, 6.45) is 4.51. The van der Waals surface area contributed by atoms with Gasteiger partial charge in [0.2, 0.25) is 5.91 Å². The standard InChI is InChI=1S/C21H34N4O/c1-15-14-19(23-16(2)22-15)24-10-12-25(13-11-24)20(26)17-6-8-18(9-7-17)21(3,4)5/h14,17-18H,6-13H2,1-5H3. The van der Waals surface area contributed by atoms with Crippen molar-refractivity contribution in [3.8, 4) is 0 Å². The van der Waals surface area contributed by atoms with Crippen LogP contribution >= 0.6 is 0 Å². The molecule has 1 aromatic rings. The lowest BCUT2D eigenvalue weighted by atomic mass is 9.69. The van der Waals surface area contributed by atoms with Crippen LogP contribution in [-0.2, 0) is 4.79 Å². The van der Waals surface area contributed by atoms with Crippen LogP contribution in [0.1, 0.15) is 58.0 Å². The number of carbonyl (C=O) groups is 1. The van der Waals surface area contributed by atoms with E-state index in [4.69, 9.17) is 0 Å². The second-order valence-corrected chi connectivity index (χ2v) is 9.14. The van der Waals surface area contributed by atoms with Crippen molar-refractivity contribution in [3.63, 3.8) is 0 Å². The first-order valence-corrected chi connectivity index (χ1v) is 10.1. The summed E-state index contributed by atoms with van der Waals surface area (Å²) in [7, 11) is 0. The number of aromatic nitrogens is 2. The summed E-state index contributed by atoms with van der Waals surface area (Å²) in [5.41, 5.74) is 1.37. The van der Waals surface area contributed by atoms with Crippen LogP contribution in [0.2, 0.25) is 0 Å². The second-order valence-electron chi connectivity index (χ2n) is 9.14. The maximum absolute atomic E-state index is 12.9. The molecule has 5 nitrogen and oxygen atoms in total. The Labute approximate surface area is 158 Å². The van der Waals surface area contributed by atoms with Gasteiger partial charge in [0.25, 0.3) is 0 Å².